The van der Waals surface area contributed by atoms with E-state index in [0.717, 1.165) is 30.0 Å². The van der Waals surface area contributed by atoms with Crippen molar-refractivity contribution in [2.45, 2.75) is 30.0 Å². The topological polar surface area (TPSA) is 42.0 Å². The van der Waals surface area contributed by atoms with Crippen LogP contribution < -0.4 is 5.32 Å². The lowest BCUT2D eigenvalue weighted by molar-refractivity contribution is -0.120. The van der Waals surface area contributed by atoms with Gasteiger partial charge in [-0.25, -0.2) is 4.98 Å². The third-order valence-electron chi connectivity index (χ3n) is 3.05. The Labute approximate surface area is 130 Å². The number of aromatic nitrogens is 1. The summed E-state index contributed by atoms with van der Waals surface area (Å²) in [5, 5.41) is 3.61. The Hall–Kier alpha value is -1.81. The van der Waals surface area contributed by atoms with E-state index in [4.69, 9.17) is 0 Å². The number of nitrogens with zero attached hydrogens (tertiary/aromatic N) is 1. The van der Waals surface area contributed by atoms with Gasteiger partial charge in [0.1, 0.15) is 5.25 Å². The molecule has 1 aromatic heterocycles. The molecule has 0 saturated carbocycles. The highest BCUT2D eigenvalue weighted by atomic mass is 32.2. The Morgan fingerprint density at radius 1 is 1.19 bits per heavy atom. The molecule has 21 heavy (non-hydrogen) atoms. The van der Waals surface area contributed by atoms with Crippen molar-refractivity contribution in [3.63, 3.8) is 0 Å². The van der Waals surface area contributed by atoms with Crippen molar-refractivity contribution in [1.29, 1.82) is 0 Å². The summed E-state index contributed by atoms with van der Waals surface area (Å²) in [4.78, 5) is 16.8. The van der Waals surface area contributed by atoms with Gasteiger partial charge < -0.3 is 5.32 Å². The monoisotopic (exact) mass is 300 g/mol. The Morgan fingerprint density at radius 3 is 2.62 bits per heavy atom. The molecule has 0 fully saturated rings. The summed E-state index contributed by atoms with van der Waals surface area (Å²) in [6.07, 6.45) is 3.82. The summed E-state index contributed by atoms with van der Waals surface area (Å²) in [5.74, 6) is 0.0466. The van der Waals surface area contributed by atoms with Gasteiger partial charge in [0.05, 0.1) is 5.03 Å². The molecule has 0 aliphatic heterocycles. The first-order chi connectivity index (χ1) is 10.3. The quantitative estimate of drug-likeness (QED) is 0.624. The van der Waals surface area contributed by atoms with Crippen LogP contribution in [0.2, 0.25) is 0 Å². The maximum Gasteiger partial charge on any atom is 0.238 e. The van der Waals surface area contributed by atoms with Crippen molar-refractivity contribution >= 4 is 17.7 Å². The minimum Gasteiger partial charge on any atom is -0.355 e. The van der Waals surface area contributed by atoms with Crippen LogP contribution in [0.1, 0.15) is 30.6 Å². The van der Waals surface area contributed by atoms with Crippen molar-refractivity contribution in [2.75, 3.05) is 6.54 Å². The predicted octanol–water partition coefficient (Wildman–Crippen LogP) is 3.83. The molecule has 0 spiro atoms. The number of hydrogen-bond acceptors (Lipinski definition) is 3. The summed E-state index contributed by atoms with van der Waals surface area (Å²) < 4.78 is 0. The molecule has 1 amide bonds. The molecule has 0 bridgehead atoms. The number of amides is 1. The molecular weight excluding hydrogens is 280 g/mol. The summed E-state index contributed by atoms with van der Waals surface area (Å²) >= 11 is 1.48. The van der Waals surface area contributed by atoms with Crippen LogP contribution in [0.3, 0.4) is 0 Å². The lowest BCUT2D eigenvalue weighted by Gasteiger charge is -2.16. The van der Waals surface area contributed by atoms with Gasteiger partial charge in [-0.1, -0.05) is 61.5 Å². The van der Waals surface area contributed by atoms with Crippen molar-refractivity contribution in [2.24, 2.45) is 0 Å². The Balaban J connectivity index is 2.12. The van der Waals surface area contributed by atoms with Crippen LogP contribution in [0.15, 0.2) is 59.8 Å². The lowest BCUT2D eigenvalue weighted by atomic mass is 10.1. The smallest absolute Gasteiger partial charge is 0.238 e. The minimum absolute atomic E-state index is 0.0466. The summed E-state index contributed by atoms with van der Waals surface area (Å²) in [7, 11) is 0. The molecule has 1 aromatic carbocycles. The van der Waals surface area contributed by atoms with E-state index in [1.165, 1.54) is 11.8 Å². The second kappa shape index (κ2) is 8.47. The van der Waals surface area contributed by atoms with Crippen molar-refractivity contribution in [3.8, 4) is 0 Å². The highest BCUT2D eigenvalue weighted by Gasteiger charge is 2.21. The molecule has 2 aromatic rings. The fourth-order valence-corrected chi connectivity index (χ4v) is 2.92. The third-order valence-corrected chi connectivity index (χ3v) is 4.25. The van der Waals surface area contributed by atoms with Gasteiger partial charge in [-0.05, 0) is 24.1 Å². The Bertz CT molecular complexity index is 545. The number of carbonyl (C=O) groups excluding carboxylic acids is 1. The predicted molar refractivity (Wildman–Crippen MR) is 87.2 cm³/mol. The first-order valence-electron chi connectivity index (χ1n) is 7.21. The van der Waals surface area contributed by atoms with Gasteiger partial charge in [0.25, 0.3) is 0 Å². The van der Waals surface area contributed by atoms with Gasteiger partial charge in [-0.2, -0.15) is 0 Å². The highest BCUT2D eigenvalue weighted by molar-refractivity contribution is 8.00. The molecule has 2 rings (SSSR count). The molecule has 3 nitrogen and oxygen atoms in total. The fraction of sp³-hybridized carbons (Fsp3) is 0.294. The molecular formula is C17H20N2OS. The van der Waals surface area contributed by atoms with Gasteiger partial charge in [-0.15, -0.1) is 0 Å². The van der Waals surface area contributed by atoms with Crippen LogP contribution in [-0.2, 0) is 4.79 Å². The largest absolute Gasteiger partial charge is 0.355 e. The number of pyridine rings is 1. The zero-order valence-corrected chi connectivity index (χ0v) is 13.0. The van der Waals surface area contributed by atoms with E-state index in [-0.39, 0.29) is 11.2 Å². The SMILES string of the molecule is CCCCNC(=O)C(Sc1ccccn1)c1ccccc1. The number of carbonyl (C=O) groups is 1. The standard InChI is InChI=1S/C17H20N2OS/c1-2-3-12-19-17(20)16(14-9-5-4-6-10-14)21-15-11-7-8-13-18-15/h4-11,13,16H,2-3,12H2,1H3,(H,19,20). The normalized spacial score (nSPS) is 11.9. The molecule has 0 saturated heterocycles. The first kappa shape index (κ1) is 15.6. The highest BCUT2D eigenvalue weighted by Crippen LogP contribution is 2.34. The second-order valence-electron chi connectivity index (χ2n) is 4.72. The summed E-state index contributed by atoms with van der Waals surface area (Å²) in [5.41, 5.74) is 1.00. The Morgan fingerprint density at radius 2 is 1.95 bits per heavy atom. The molecule has 0 aliphatic rings. The van der Waals surface area contributed by atoms with Crippen LogP contribution >= 0.6 is 11.8 Å². The van der Waals surface area contributed by atoms with Crippen LogP contribution in [0.4, 0.5) is 0 Å². The molecule has 110 valence electrons. The van der Waals surface area contributed by atoms with Crippen LogP contribution in [0.5, 0.6) is 0 Å². The number of benzene rings is 1. The molecule has 1 atom stereocenters. The van der Waals surface area contributed by atoms with E-state index >= 15 is 0 Å². The molecule has 1 heterocycles. The molecule has 1 unspecified atom stereocenters. The van der Waals surface area contributed by atoms with E-state index in [9.17, 15) is 4.79 Å². The van der Waals surface area contributed by atoms with E-state index in [2.05, 4.69) is 17.2 Å². The van der Waals surface area contributed by atoms with E-state index in [1.54, 1.807) is 6.20 Å². The van der Waals surface area contributed by atoms with Gasteiger partial charge in [0.2, 0.25) is 5.91 Å². The van der Waals surface area contributed by atoms with Crippen LogP contribution in [0, 0.1) is 0 Å². The van der Waals surface area contributed by atoms with Gasteiger partial charge in [0, 0.05) is 12.7 Å². The minimum atomic E-state index is -0.266. The summed E-state index contributed by atoms with van der Waals surface area (Å²) in [6, 6.07) is 15.6. The summed E-state index contributed by atoms with van der Waals surface area (Å²) in [6.45, 7) is 2.84. The number of hydrogen-bond donors (Lipinski definition) is 1. The van der Waals surface area contributed by atoms with Crippen molar-refractivity contribution in [3.05, 3.63) is 60.3 Å². The fourth-order valence-electron chi connectivity index (χ4n) is 1.92. The maximum atomic E-state index is 12.5. The van der Waals surface area contributed by atoms with E-state index in [0.29, 0.717) is 0 Å². The van der Waals surface area contributed by atoms with Gasteiger partial charge >= 0.3 is 0 Å². The van der Waals surface area contributed by atoms with E-state index < -0.39 is 0 Å². The Kier molecular flexibility index (Phi) is 6.28. The van der Waals surface area contributed by atoms with Gasteiger partial charge in [0.15, 0.2) is 0 Å². The van der Waals surface area contributed by atoms with Crippen LogP contribution in [0.25, 0.3) is 0 Å². The molecule has 0 radical (unpaired) electrons. The van der Waals surface area contributed by atoms with Crippen LogP contribution in [-0.4, -0.2) is 17.4 Å². The number of unbranched alkanes of at least 4 members (excludes halogenated alkanes) is 1. The third kappa shape index (κ3) is 4.90. The number of thioether (sulfide) groups is 1. The maximum absolute atomic E-state index is 12.5. The molecule has 0 aliphatic carbocycles. The molecule has 4 heteroatoms. The number of nitrogens with one attached hydrogen (secondary N) is 1. The zero-order chi connectivity index (χ0) is 14.9. The number of rotatable bonds is 7. The van der Waals surface area contributed by atoms with Gasteiger partial charge in [-0.3, -0.25) is 4.79 Å². The van der Waals surface area contributed by atoms with Crippen molar-refractivity contribution < 1.29 is 4.79 Å². The van der Waals surface area contributed by atoms with E-state index in [1.807, 2.05) is 48.5 Å². The lowest BCUT2D eigenvalue weighted by Crippen LogP contribution is -2.28. The molecule has 1 N–H and O–H groups in total. The first-order valence-corrected chi connectivity index (χ1v) is 8.09. The average molecular weight is 300 g/mol. The van der Waals surface area contributed by atoms with Crippen molar-refractivity contribution in [1.82, 2.24) is 10.3 Å². The second-order valence-corrected chi connectivity index (χ2v) is 5.85. The average Bonchev–Trinajstić information content (AvgIpc) is 2.54. The zero-order valence-electron chi connectivity index (χ0n) is 12.2.